The Morgan fingerprint density at radius 3 is 3.00 bits per heavy atom. The Kier molecular flexibility index (Phi) is 3.77. The Bertz CT molecular complexity index is 1060. The van der Waals surface area contributed by atoms with E-state index in [0.29, 0.717) is 29.9 Å². The molecule has 9 nitrogen and oxygen atoms in total. The van der Waals surface area contributed by atoms with Gasteiger partial charge in [0.15, 0.2) is 5.58 Å². The van der Waals surface area contributed by atoms with Crippen LogP contribution in [0.4, 0.5) is 0 Å². The van der Waals surface area contributed by atoms with Gasteiger partial charge < -0.3 is 9.15 Å². The predicted molar refractivity (Wildman–Crippen MR) is 86.7 cm³/mol. The van der Waals surface area contributed by atoms with Crippen molar-refractivity contribution in [1.82, 2.24) is 19.5 Å². The molecule has 1 aliphatic rings. The second kappa shape index (κ2) is 5.97. The van der Waals surface area contributed by atoms with E-state index >= 15 is 0 Å². The van der Waals surface area contributed by atoms with Crippen molar-refractivity contribution in [3.8, 4) is 5.88 Å². The third-order valence-electron chi connectivity index (χ3n) is 3.97. The number of aromatic nitrogens is 3. The topological polar surface area (TPSA) is 118 Å². The first-order valence-electron chi connectivity index (χ1n) is 7.60. The fourth-order valence-electron chi connectivity index (χ4n) is 2.77. The molecule has 1 fully saturated rings. The summed E-state index contributed by atoms with van der Waals surface area (Å²) in [5.74, 6) is -0.257. The summed E-state index contributed by atoms with van der Waals surface area (Å²) in [7, 11) is -3.69. The monoisotopic (exact) mass is 362 g/mol. The van der Waals surface area contributed by atoms with Crippen LogP contribution in [0.15, 0.2) is 50.6 Å². The van der Waals surface area contributed by atoms with Crippen LogP contribution in [0.1, 0.15) is 6.42 Å². The van der Waals surface area contributed by atoms with Crippen LogP contribution in [-0.4, -0.2) is 47.1 Å². The Hall–Kier alpha value is -2.72. The third kappa shape index (κ3) is 3.01. The number of benzene rings is 1. The van der Waals surface area contributed by atoms with Crippen molar-refractivity contribution in [3.63, 3.8) is 0 Å². The van der Waals surface area contributed by atoms with Gasteiger partial charge in [0.25, 0.3) is 0 Å². The molecule has 0 radical (unpaired) electrons. The van der Waals surface area contributed by atoms with Gasteiger partial charge in [-0.2, -0.15) is 9.40 Å². The molecule has 0 saturated carbocycles. The van der Waals surface area contributed by atoms with Crippen LogP contribution in [0.3, 0.4) is 0 Å². The van der Waals surface area contributed by atoms with Crippen molar-refractivity contribution in [2.75, 3.05) is 13.1 Å². The lowest BCUT2D eigenvalue weighted by molar-refractivity contribution is 0.204. The maximum absolute atomic E-state index is 12.8. The highest BCUT2D eigenvalue weighted by molar-refractivity contribution is 7.89. The number of nitrogens with zero attached hydrogens (tertiary/aromatic N) is 3. The molecule has 0 aliphatic carbocycles. The molecule has 3 aromatic rings. The van der Waals surface area contributed by atoms with Gasteiger partial charge >= 0.3 is 5.76 Å². The van der Waals surface area contributed by atoms with Gasteiger partial charge in [0, 0.05) is 18.8 Å². The zero-order valence-electron chi connectivity index (χ0n) is 13.0. The van der Waals surface area contributed by atoms with Crippen LogP contribution in [0, 0.1) is 0 Å². The SMILES string of the molecule is O=c1[nH]c2cc(S(=O)(=O)N3CC[C@H](Oc4cccnn4)C3)ccc2o1. The fourth-order valence-corrected chi connectivity index (χ4v) is 4.29. The minimum absolute atomic E-state index is 0.0946. The van der Waals surface area contributed by atoms with E-state index in [1.54, 1.807) is 12.1 Å². The molecule has 2 aromatic heterocycles. The number of hydrogen-bond acceptors (Lipinski definition) is 7. The van der Waals surface area contributed by atoms with Gasteiger partial charge in [0.1, 0.15) is 6.10 Å². The van der Waals surface area contributed by atoms with E-state index in [1.807, 2.05) is 0 Å². The van der Waals surface area contributed by atoms with E-state index in [4.69, 9.17) is 9.15 Å². The van der Waals surface area contributed by atoms with E-state index < -0.39 is 15.8 Å². The Morgan fingerprint density at radius 2 is 2.20 bits per heavy atom. The van der Waals surface area contributed by atoms with Crippen molar-refractivity contribution in [2.45, 2.75) is 17.4 Å². The molecule has 1 aromatic carbocycles. The molecule has 25 heavy (non-hydrogen) atoms. The van der Waals surface area contributed by atoms with Crippen LogP contribution >= 0.6 is 0 Å². The fraction of sp³-hybridized carbons (Fsp3) is 0.267. The Labute approximate surface area is 142 Å². The van der Waals surface area contributed by atoms with Gasteiger partial charge in [-0.1, -0.05) is 0 Å². The van der Waals surface area contributed by atoms with Gasteiger partial charge in [-0.05, 0) is 30.7 Å². The summed E-state index contributed by atoms with van der Waals surface area (Å²) in [5.41, 5.74) is 0.659. The van der Waals surface area contributed by atoms with Crippen LogP contribution in [-0.2, 0) is 10.0 Å². The standard InChI is InChI=1S/C15H14N4O5S/c20-15-17-12-8-11(3-4-13(12)24-15)25(21,22)19-7-5-10(9-19)23-14-2-1-6-16-18-14/h1-4,6,8,10H,5,7,9H2,(H,17,20)/t10-/m0/s1. The molecule has 130 valence electrons. The lowest BCUT2D eigenvalue weighted by Crippen LogP contribution is -2.31. The van der Waals surface area contributed by atoms with Crippen LogP contribution in [0.5, 0.6) is 5.88 Å². The van der Waals surface area contributed by atoms with E-state index in [0.717, 1.165) is 0 Å². The molecule has 1 N–H and O–H groups in total. The van der Waals surface area contributed by atoms with E-state index in [9.17, 15) is 13.2 Å². The van der Waals surface area contributed by atoms with Crippen LogP contribution < -0.4 is 10.5 Å². The highest BCUT2D eigenvalue weighted by Gasteiger charge is 2.34. The molecule has 1 saturated heterocycles. The van der Waals surface area contributed by atoms with Crippen LogP contribution in [0.2, 0.25) is 0 Å². The van der Waals surface area contributed by atoms with Crippen molar-refractivity contribution in [3.05, 3.63) is 47.1 Å². The molecule has 10 heteroatoms. The molecule has 0 amide bonds. The number of ether oxygens (including phenoxy) is 1. The maximum Gasteiger partial charge on any atom is 0.417 e. The van der Waals surface area contributed by atoms with Gasteiger partial charge in [-0.15, -0.1) is 5.10 Å². The van der Waals surface area contributed by atoms with Crippen molar-refractivity contribution in [1.29, 1.82) is 0 Å². The van der Waals surface area contributed by atoms with E-state index in [2.05, 4.69) is 15.2 Å². The summed E-state index contributed by atoms with van der Waals surface area (Å²) in [6.07, 6.45) is 1.80. The molecule has 1 atom stereocenters. The quantitative estimate of drug-likeness (QED) is 0.727. The highest BCUT2D eigenvalue weighted by atomic mass is 32.2. The van der Waals surface area contributed by atoms with Crippen molar-refractivity contribution in [2.24, 2.45) is 0 Å². The third-order valence-corrected chi connectivity index (χ3v) is 5.83. The zero-order valence-corrected chi connectivity index (χ0v) is 13.8. The van der Waals surface area contributed by atoms with Gasteiger partial charge in [-0.25, -0.2) is 13.2 Å². The van der Waals surface area contributed by atoms with E-state index in [1.165, 1.54) is 28.7 Å². The summed E-state index contributed by atoms with van der Waals surface area (Å²) < 4.78 is 37.5. The minimum atomic E-state index is -3.69. The molecular formula is C15H14N4O5S. The highest BCUT2D eigenvalue weighted by Crippen LogP contribution is 2.25. The largest absolute Gasteiger partial charge is 0.472 e. The molecule has 0 unspecified atom stereocenters. The number of nitrogens with one attached hydrogen (secondary N) is 1. The number of hydrogen-bond donors (Lipinski definition) is 1. The molecule has 4 rings (SSSR count). The average Bonchev–Trinajstić information content (AvgIpc) is 3.21. The number of oxazole rings is 1. The van der Waals surface area contributed by atoms with E-state index in [-0.39, 0.29) is 17.5 Å². The first kappa shape index (κ1) is 15.8. The number of H-pyrrole nitrogens is 1. The first-order chi connectivity index (χ1) is 12.0. The van der Waals surface area contributed by atoms with Gasteiger partial charge in [0.2, 0.25) is 15.9 Å². The lowest BCUT2D eigenvalue weighted by atomic mass is 10.3. The summed E-state index contributed by atoms with van der Waals surface area (Å²) >= 11 is 0. The predicted octanol–water partition coefficient (Wildman–Crippen LogP) is 0.753. The molecular weight excluding hydrogens is 348 g/mol. The number of aromatic amines is 1. The van der Waals surface area contributed by atoms with Gasteiger partial charge in [-0.3, -0.25) is 4.98 Å². The summed E-state index contributed by atoms with van der Waals surface area (Å²) in [6, 6.07) is 7.65. The molecule has 0 bridgehead atoms. The van der Waals surface area contributed by atoms with Crippen molar-refractivity contribution >= 4 is 21.1 Å². The molecule has 0 spiro atoms. The summed E-state index contributed by atoms with van der Waals surface area (Å²) in [5, 5.41) is 7.57. The zero-order chi connectivity index (χ0) is 17.4. The summed E-state index contributed by atoms with van der Waals surface area (Å²) in [6.45, 7) is 0.562. The number of fused-ring (bicyclic) bond motifs is 1. The molecule has 1 aliphatic heterocycles. The smallest absolute Gasteiger partial charge is 0.417 e. The van der Waals surface area contributed by atoms with Crippen molar-refractivity contribution < 1.29 is 17.6 Å². The normalized spacial score (nSPS) is 18.6. The number of sulfonamides is 1. The summed E-state index contributed by atoms with van der Waals surface area (Å²) in [4.78, 5) is 13.8. The van der Waals surface area contributed by atoms with Gasteiger partial charge in [0.05, 0.1) is 17.0 Å². The minimum Gasteiger partial charge on any atom is -0.472 e. The van der Waals surface area contributed by atoms with Crippen LogP contribution in [0.25, 0.3) is 11.1 Å². The maximum atomic E-state index is 12.8. The molecule has 3 heterocycles. The Balaban J connectivity index is 1.54. The lowest BCUT2D eigenvalue weighted by Gasteiger charge is -2.16. The average molecular weight is 362 g/mol. The number of rotatable bonds is 4. The first-order valence-corrected chi connectivity index (χ1v) is 9.04. The second-order valence-electron chi connectivity index (χ2n) is 5.63. The second-order valence-corrected chi connectivity index (χ2v) is 7.56. The Morgan fingerprint density at radius 1 is 1.32 bits per heavy atom.